The van der Waals surface area contributed by atoms with Crippen LogP contribution in [0.1, 0.15) is 20.8 Å². The second-order valence-corrected chi connectivity index (χ2v) is 6.51. The normalized spacial score (nSPS) is 11.8. The highest BCUT2D eigenvalue weighted by Gasteiger charge is 2.17. The number of ether oxygens (including phenoxy) is 1. The van der Waals surface area contributed by atoms with E-state index >= 15 is 0 Å². The molecule has 3 aromatic rings. The Bertz CT molecular complexity index is 834. The predicted molar refractivity (Wildman–Crippen MR) is 110 cm³/mol. The highest BCUT2D eigenvalue weighted by atomic mass is 35.5. The minimum atomic E-state index is 0.401. The van der Waals surface area contributed by atoms with E-state index in [0.29, 0.717) is 17.5 Å². The maximum atomic E-state index is 6.15. The van der Waals surface area contributed by atoms with Gasteiger partial charge in [0.1, 0.15) is 17.8 Å². The summed E-state index contributed by atoms with van der Waals surface area (Å²) in [6.45, 7) is 7.72. The van der Waals surface area contributed by atoms with Crippen molar-refractivity contribution in [1.29, 1.82) is 0 Å². The van der Waals surface area contributed by atoms with Crippen molar-refractivity contribution in [2.45, 2.75) is 20.8 Å². The van der Waals surface area contributed by atoms with Gasteiger partial charge in [-0.25, -0.2) is 9.97 Å². The molecule has 0 amide bonds. The lowest BCUT2D eigenvalue weighted by Gasteiger charge is -2.23. The summed E-state index contributed by atoms with van der Waals surface area (Å²) >= 11 is 6.15. The molecule has 0 aliphatic carbocycles. The number of aromatic amines is 1. The van der Waals surface area contributed by atoms with Crippen molar-refractivity contribution >= 4 is 28.5 Å². The maximum absolute atomic E-state index is 6.15. The number of H-pyrrole nitrogens is 1. The molecule has 3 rings (SSSR count). The Hall–Kier alpha value is -2.11. The average Bonchev–Trinajstić information content (AvgIpc) is 3.07. The van der Waals surface area contributed by atoms with Gasteiger partial charge in [-0.3, -0.25) is 0 Å². The number of fused-ring (bicyclic) bond motifs is 1. The lowest BCUT2D eigenvalue weighted by atomic mass is 10.1. The minimum absolute atomic E-state index is 0.401. The van der Waals surface area contributed by atoms with Crippen LogP contribution in [0.3, 0.4) is 0 Å². The van der Waals surface area contributed by atoms with Crippen LogP contribution in [0.2, 0.25) is 5.02 Å². The first-order chi connectivity index (χ1) is 12.6. The number of benzene rings is 1. The van der Waals surface area contributed by atoms with E-state index in [1.165, 1.54) is 0 Å². The SMILES string of the molecule is CC.COCC(C)CN(C)c1ncnc2[nH]cc(-c3cccc(Cl)c3)c12. The number of rotatable bonds is 6. The van der Waals surface area contributed by atoms with Gasteiger partial charge in [-0.1, -0.05) is 44.5 Å². The zero-order valence-corrected chi connectivity index (χ0v) is 16.8. The Balaban J connectivity index is 0.00000117. The molecule has 140 valence electrons. The highest BCUT2D eigenvalue weighted by Crippen LogP contribution is 2.34. The van der Waals surface area contributed by atoms with E-state index in [1.807, 2.05) is 51.4 Å². The van der Waals surface area contributed by atoms with Crippen LogP contribution in [0, 0.1) is 5.92 Å². The van der Waals surface area contributed by atoms with Crippen LogP contribution in [-0.4, -0.2) is 42.3 Å². The Morgan fingerprint density at radius 3 is 2.73 bits per heavy atom. The minimum Gasteiger partial charge on any atom is -0.384 e. The van der Waals surface area contributed by atoms with Gasteiger partial charge in [0.25, 0.3) is 0 Å². The third-order valence-electron chi connectivity index (χ3n) is 3.98. The van der Waals surface area contributed by atoms with E-state index in [9.17, 15) is 0 Å². The first-order valence-corrected chi connectivity index (χ1v) is 9.26. The second-order valence-electron chi connectivity index (χ2n) is 6.07. The zero-order valence-electron chi connectivity index (χ0n) is 16.1. The summed E-state index contributed by atoms with van der Waals surface area (Å²) in [6, 6.07) is 7.81. The number of anilines is 1. The Labute approximate surface area is 160 Å². The molecule has 0 fully saturated rings. The number of hydrogen-bond acceptors (Lipinski definition) is 4. The van der Waals surface area contributed by atoms with Crippen LogP contribution >= 0.6 is 11.6 Å². The smallest absolute Gasteiger partial charge is 0.143 e. The molecule has 2 aromatic heterocycles. The van der Waals surface area contributed by atoms with Crippen molar-refractivity contribution in [2.75, 3.05) is 32.2 Å². The predicted octanol–water partition coefficient (Wildman–Crippen LogP) is 5.02. The zero-order chi connectivity index (χ0) is 19.1. The van der Waals surface area contributed by atoms with E-state index < -0.39 is 0 Å². The van der Waals surface area contributed by atoms with E-state index in [0.717, 1.165) is 34.5 Å². The molecular weight excluding hydrogens is 348 g/mol. The molecule has 1 atom stereocenters. The van der Waals surface area contributed by atoms with Gasteiger partial charge >= 0.3 is 0 Å². The van der Waals surface area contributed by atoms with Gasteiger partial charge in [0.15, 0.2) is 0 Å². The first-order valence-electron chi connectivity index (χ1n) is 8.88. The first kappa shape index (κ1) is 20.2. The van der Waals surface area contributed by atoms with Crippen LogP contribution in [0.5, 0.6) is 0 Å². The summed E-state index contributed by atoms with van der Waals surface area (Å²) in [4.78, 5) is 14.3. The van der Waals surface area contributed by atoms with Gasteiger partial charge in [-0.2, -0.15) is 0 Å². The van der Waals surface area contributed by atoms with Crippen LogP contribution in [-0.2, 0) is 4.74 Å². The molecule has 1 unspecified atom stereocenters. The van der Waals surface area contributed by atoms with Gasteiger partial charge in [-0.15, -0.1) is 0 Å². The number of nitrogens with zero attached hydrogens (tertiary/aromatic N) is 3. The van der Waals surface area contributed by atoms with Crippen LogP contribution in [0.15, 0.2) is 36.8 Å². The molecular formula is C20H27ClN4O. The summed E-state index contributed by atoms with van der Waals surface area (Å²) in [5.74, 6) is 1.30. The van der Waals surface area contributed by atoms with Gasteiger partial charge in [-0.05, 0) is 23.6 Å². The lowest BCUT2D eigenvalue weighted by molar-refractivity contribution is 0.162. The standard InChI is InChI=1S/C18H21ClN4O.C2H6/c1-12(10-24-3)9-23(2)18-16-15(8-20-17(16)21-11-22-18)13-5-4-6-14(19)7-13;1-2/h4-8,11-12H,9-10H2,1-3H3,(H,20,21,22);1-2H3. The highest BCUT2D eigenvalue weighted by molar-refractivity contribution is 6.31. The fraction of sp³-hybridized carbons (Fsp3) is 0.400. The summed E-state index contributed by atoms with van der Waals surface area (Å²) in [5, 5.41) is 1.72. The van der Waals surface area contributed by atoms with Gasteiger partial charge in [0.2, 0.25) is 0 Å². The lowest BCUT2D eigenvalue weighted by Crippen LogP contribution is -2.27. The molecule has 6 heteroatoms. The van der Waals surface area contributed by atoms with Crippen molar-refractivity contribution in [3.63, 3.8) is 0 Å². The Kier molecular flexibility index (Phi) is 7.42. The quantitative estimate of drug-likeness (QED) is 0.657. The molecule has 26 heavy (non-hydrogen) atoms. The third kappa shape index (κ3) is 4.54. The molecule has 0 aliphatic rings. The van der Waals surface area contributed by atoms with Crippen molar-refractivity contribution in [3.05, 3.63) is 41.8 Å². The fourth-order valence-electron chi connectivity index (χ4n) is 3.01. The van der Waals surface area contributed by atoms with E-state index in [2.05, 4.69) is 26.8 Å². The molecule has 1 aromatic carbocycles. The molecule has 0 aliphatic heterocycles. The number of hydrogen-bond donors (Lipinski definition) is 1. The summed E-state index contributed by atoms with van der Waals surface area (Å²) in [6.07, 6.45) is 3.55. The molecule has 0 saturated heterocycles. The van der Waals surface area contributed by atoms with Crippen LogP contribution in [0.4, 0.5) is 5.82 Å². The van der Waals surface area contributed by atoms with Crippen LogP contribution < -0.4 is 4.90 Å². The molecule has 0 spiro atoms. The second kappa shape index (κ2) is 9.55. The summed E-state index contributed by atoms with van der Waals surface area (Å²) in [7, 11) is 3.77. The monoisotopic (exact) mass is 374 g/mol. The van der Waals surface area contributed by atoms with E-state index in [-0.39, 0.29) is 0 Å². The van der Waals surface area contributed by atoms with Gasteiger partial charge < -0.3 is 14.6 Å². The molecule has 2 heterocycles. The Morgan fingerprint density at radius 2 is 2.04 bits per heavy atom. The van der Waals surface area contributed by atoms with Crippen molar-refractivity contribution in [1.82, 2.24) is 15.0 Å². The number of aromatic nitrogens is 3. The molecule has 0 radical (unpaired) electrons. The molecule has 5 nitrogen and oxygen atoms in total. The Morgan fingerprint density at radius 1 is 1.27 bits per heavy atom. The van der Waals surface area contributed by atoms with Crippen molar-refractivity contribution < 1.29 is 4.74 Å². The third-order valence-corrected chi connectivity index (χ3v) is 4.22. The van der Waals surface area contributed by atoms with E-state index in [1.54, 1.807) is 13.4 Å². The topological polar surface area (TPSA) is 54.0 Å². The molecule has 0 bridgehead atoms. The van der Waals surface area contributed by atoms with E-state index in [4.69, 9.17) is 16.3 Å². The largest absolute Gasteiger partial charge is 0.384 e. The summed E-state index contributed by atoms with van der Waals surface area (Å²) in [5.41, 5.74) is 2.92. The summed E-state index contributed by atoms with van der Waals surface area (Å²) < 4.78 is 5.24. The van der Waals surface area contributed by atoms with Crippen LogP contribution in [0.25, 0.3) is 22.2 Å². The van der Waals surface area contributed by atoms with Crippen molar-refractivity contribution in [3.8, 4) is 11.1 Å². The number of halogens is 1. The number of nitrogens with one attached hydrogen (secondary N) is 1. The maximum Gasteiger partial charge on any atom is 0.143 e. The van der Waals surface area contributed by atoms with Gasteiger partial charge in [0.05, 0.1) is 12.0 Å². The fourth-order valence-corrected chi connectivity index (χ4v) is 3.20. The number of methoxy groups -OCH3 is 1. The molecule has 0 saturated carbocycles. The molecule has 1 N–H and O–H groups in total. The van der Waals surface area contributed by atoms with Crippen molar-refractivity contribution in [2.24, 2.45) is 5.92 Å². The average molecular weight is 375 g/mol. The van der Waals surface area contributed by atoms with Gasteiger partial charge in [0, 0.05) is 37.5 Å².